The molecule has 11 N–H and O–H groups in total. The van der Waals surface area contributed by atoms with Crippen LogP contribution >= 0.6 is 0 Å². The third kappa shape index (κ3) is 13.4. The van der Waals surface area contributed by atoms with E-state index in [1.165, 1.54) is 38.2 Å². The number of unbranched alkanes of at least 4 members (excludes halogenated alkanes) is 8. The first-order valence-electron chi connectivity index (χ1n) is 20.6. The Morgan fingerprint density at radius 3 is 1.98 bits per heavy atom. The van der Waals surface area contributed by atoms with E-state index in [9.17, 15) is 60.0 Å². The summed E-state index contributed by atoms with van der Waals surface area (Å²) in [7, 11) is 0. The van der Waals surface area contributed by atoms with Crippen molar-refractivity contribution in [1.82, 2.24) is 20.2 Å². The summed E-state index contributed by atoms with van der Waals surface area (Å²) >= 11 is 0. The van der Waals surface area contributed by atoms with Gasteiger partial charge in [-0.15, -0.1) is 0 Å². The minimum atomic E-state index is -1.85. The summed E-state index contributed by atoms with van der Waals surface area (Å²) in [5, 5.41) is 91.4. The summed E-state index contributed by atoms with van der Waals surface area (Å²) in [6.45, 7) is 4.81. The van der Waals surface area contributed by atoms with Gasteiger partial charge in [-0.1, -0.05) is 71.3 Å². The van der Waals surface area contributed by atoms with Crippen molar-refractivity contribution in [3.63, 3.8) is 0 Å². The number of hydrogen-bond donors (Lipinski definition) is 11. The van der Waals surface area contributed by atoms with Gasteiger partial charge in [-0.25, -0.2) is 4.79 Å². The molecule has 1 aromatic rings. The number of H-pyrrole nitrogens is 1. The van der Waals surface area contributed by atoms with Crippen molar-refractivity contribution in [3.8, 4) is 0 Å². The highest BCUT2D eigenvalue weighted by Crippen LogP contribution is 2.34. The predicted molar refractivity (Wildman–Crippen MR) is 207 cm³/mol. The van der Waals surface area contributed by atoms with Crippen LogP contribution in [0, 0.1) is 5.92 Å². The first kappa shape index (κ1) is 48.5. The SMILES string of the molecule is CC(=O)N[C@H]1C(O[C@@H]2O[C@H](C[C@@H](O)[C@H]3O[C@@H](n4ccc(=O)[nH]c4=O)[C@H](O)[C@@H]3O)[C@H](O)[C@H](O)[C@H]2NC(=O)/C=C/CCCCCCCCCCC(C)C)O[C@H](CO)[C@@H](O)[C@@H]1O. The number of nitrogens with one attached hydrogen (secondary N) is 3. The molecule has 59 heavy (non-hydrogen) atoms. The fraction of sp³-hybridized carbons (Fsp3) is 0.795. The monoisotopic (exact) mass is 844 g/mol. The zero-order chi connectivity index (χ0) is 43.4. The standard InChI is InChI=1S/C39H64N4O16/c1-20(2)14-12-10-8-6-4-5-7-9-11-13-15-25(47)41-28-32(52)29(49)23(56-38(28)59-37-27(40-21(3)45)31(51)30(50)24(19-44)57-37)18-22(46)35-33(53)34(54)36(58-35)43-17-16-26(48)42-39(43)55/h13,15-17,20,22-24,27-38,44,46,49-54H,4-12,14,18-19H2,1-3H3,(H,40,45)(H,41,47)(H,42,48,55)/b15-13+/t22-,23-,24-,27-,28-,29+,30-,31-,32-,33+,34-,35-,36-,37?,38+/m1/s1. The van der Waals surface area contributed by atoms with Crippen molar-refractivity contribution in [1.29, 1.82) is 0 Å². The highest BCUT2D eigenvalue weighted by Gasteiger charge is 2.53. The molecule has 4 heterocycles. The van der Waals surface area contributed by atoms with Crippen molar-refractivity contribution >= 4 is 11.8 Å². The molecule has 20 nitrogen and oxygen atoms in total. The Bertz CT molecular complexity index is 1610. The zero-order valence-electron chi connectivity index (χ0n) is 33.8. The molecule has 3 saturated heterocycles. The predicted octanol–water partition coefficient (Wildman–Crippen LogP) is -2.09. The number of aromatic amines is 1. The summed E-state index contributed by atoms with van der Waals surface area (Å²) in [5.41, 5.74) is -1.68. The Kier molecular flexibility index (Phi) is 19.1. The van der Waals surface area contributed by atoms with Gasteiger partial charge in [-0.3, -0.25) is 23.9 Å². The number of ether oxygens (including phenoxy) is 4. The Morgan fingerprint density at radius 1 is 0.814 bits per heavy atom. The van der Waals surface area contributed by atoms with Crippen LogP contribution < -0.4 is 21.9 Å². The molecule has 0 aliphatic carbocycles. The van der Waals surface area contributed by atoms with Gasteiger partial charge in [-0.2, -0.15) is 0 Å². The van der Waals surface area contributed by atoms with Gasteiger partial charge in [0, 0.05) is 25.6 Å². The zero-order valence-corrected chi connectivity index (χ0v) is 33.8. The lowest BCUT2D eigenvalue weighted by molar-refractivity contribution is -0.346. The van der Waals surface area contributed by atoms with E-state index in [1.54, 1.807) is 6.08 Å². The number of aliphatic hydroxyl groups excluding tert-OH is 8. The van der Waals surface area contributed by atoms with Gasteiger partial charge in [0.05, 0.1) is 18.8 Å². The highest BCUT2D eigenvalue weighted by atomic mass is 16.8. The van der Waals surface area contributed by atoms with E-state index >= 15 is 0 Å². The van der Waals surface area contributed by atoms with E-state index in [-0.39, 0.29) is 0 Å². The largest absolute Gasteiger partial charge is 0.394 e. The third-order valence-corrected chi connectivity index (χ3v) is 11.0. The number of aliphatic hydroxyl groups is 8. The molecule has 0 aromatic carbocycles. The third-order valence-electron chi connectivity index (χ3n) is 11.0. The minimum Gasteiger partial charge on any atom is -0.394 e. The van der Waals surface area contributed by atoms with Crippen LogP contribution in [-0.2, 0) is 28.5 Å². The van der Waals surface area contributed by atoms with Gasteiger partial charge in [0.15, 0.2) is 18.8 Å². The van der Waals surface area contributed by atoms with Crippen LogP contribution in [-0.4, -0.2) is 155 Å². The number of aromatic nitrogens is 2. The molecule has 0 spiro atoms. The van der Waals surface area contributed by atoms with Crippen molar-refractivity contribution in [2.75, 3.05) is 6.61 Å². The molecular weight excluding hydrogens is 780 g/mol. The lowest BCUT2D eigenvalue weighted by atomic mass is 9.91. The number of nitrogens with zero attached hydrogens (tertiary/aromatic N) is 1. The summed E-state index contributed by atoms with van der Waals surface area (Å²) in [5.74, 6) is -0.621. The summed E-state index contributed by atoms with van der Waals surface area (Å²) < 4.78 is 24.1. The number of amides is 2. The Hall–Kier alpha value is -3.12. The van der Waals surface area contributed by atoms with Crippen molar-refractivity contribution < 1.29 is 69.4 Å². The normalized spacial score (nSPS) is 34.3. The molecule has 4 rings (SSSR count). The average molecular weight is 845 g/mol. The maximum absolute atomic E-state index is 13.1. The quantitative estimate of drug-likeness (QED) is 0.0467. The Labute approximate surface area is 342 Å². The minimum absolute atomic E-state index is 0.597. The van der Waals surface area contributed by atoms with E-state index in [4.69, 9.17) is 18.9 Å². The molecule has 20 heteroatoms. The fourth-order valence-electron chi connectivity index (χ4n) is 7.63. The van der Waals surface area contributed by atoms with Crippen LogP contribution in [0.5, 0.6) is 0 Å². The van der Waals surface area contributed by atoms with E-state index in [1.807, 2.05) is 4.98 Å². The molecule has 3 aliphatic rings. The number of carbonyl (C=O) groups excluding carboxylic acids is 2. The summed E-state index contributed by atoms with van der Waals surface area (Å²) in [6.07, 6.45) is -7.65. The molecule has 15 atom stereocenters. The second-order valence-corrected chi connectivity index (χ2v) is 16.1. The molecule has 0 bridgehead atoms. The number of allylic oxidation sites excluding steroid dienone is 1. The van der Waals surface area contributed by atoms with Gasteiger partial charge < -0.3 is 70.4 Å². The van der Waals surface area contributed by atoms with Gasteiger partial charge in [-0.05, 0) is 24.8 Å². The molecule has 0 radical (unpaired) electrons. The van der Waals surface area contributed by atoms with Crippen LogP contribution in [0.2, 0.25) is 0 Å². The smallest absolute Gasteiger partial charge is 0.330 e. The summed E-state index contributed by atoms with van der Waals surface area (Å²) in [4.78, 5) is 51.1. The van der Waals surface area contributed by atoms with Gasteiger partial charge in [0.25, 0.3) is 5.56 Å². The van der Waals surface area contributed by atoms with Crippen LogP contribution in [0.1, 0.15) is 97.6 Å². The molecule has 336 valence electrons. The lowest BCUT2D eigenvalue weighted by Gasteiger charge is -2.47. The van der Waals surface area contributed by atoms with Crippen molar-refractivity contribution in [2.45, 2.75) is 183 Å². The van der Waals surface area contributed by atoms with Crippen molar-refractivity contribution in [3.05, 3.63) is 45.3 Å². The molecular formula is C39H64N4O16. The van der Waals surface area contributed by atoms with E-state index in [0.717, 1.165) is 55.4 Å². The van der Waals surface area contributed by atoms with Crippen LogP contribution in [0.3, 0.4) is 0 Å². The van der Waals surface area contributed by atoms with Gasteiger partial charge in [0.1, 0.15) is 60.9 Å². The fourth-order valence-corrected chi connectivity index (χ4v) is 7.63. The van der Waals surface area contributed by atoms with E-state index in [0.29, 0.717) is 6.42 Å². The van der Waals surface area contributed by atoms with Gasteiger partial charge >= 0.3 is 5.69 Å². The second kappa shape index (κ2) is 23.2. The first-order valence-corrected chi connectivity index (χ1v) is 20.6. The van der Waals surface area contributed by atoms with Gasteiger partial charge in [0.2, 0.25) is 11.8 Å². The lowest BCUT2D eigenvalue weighted by Crippen LogP contribution is -2.68. The molecule has 2 amide bonds. The summed E-state index contributed by atoms with van der Waals surface area (Å²) in [6, 6.07) is -2.01. The van der Waals surface area contributed by atoms with E-state index in [2.05, 4.69) is 24.5 Å². The van der Waals surface area contributed by atoms with Crippen LogP contribution in [0.25, 0.3) is 0 Å². The van der Waals surface area contributed by atoms with Crippen molar-refractivity contribution in [2.24, 2.45) is 5.92 Å². The Morgan fingerprint density at radius 2 is 1.39 bits per heavy atom. The Balaban J connectivity index is 1.44. The number of carbonyl (C=O) groups is 2. The topological polar surface area (TPSA) is 312 Å². The molecule has 1 unspecified atom stereocenters. The molecule has 1 aromatic heterocycles. The maximum atomic E-state index is 13.1. The first-order chi connectivity index (χ1) is 28.0. The number of rotatable bonds is 21. The van der Waals surface area contributed by atoms with Crippen LogP contribution in [0.4, 0.5) is 0 Å². The second-order valence-electron chi connectivity index (χ2n) is 16.1. The molecule has 3 fully saturated rings. The molecule has 3 aliphatic heterocycles. The molecule has 0 saturated carbocycles. The number of hydrogen-bond acceptors (Lipinski definition) is 16. The highest BCUT2D eigenvalue weighted by molar-refractivity contribution is 5.87. The maximum Gasteiger partial charge on any atom is 0.330 e. The average Bonchev–Trinajstić information content (AvgIpc) is 3.47. The van der Waals surface area contributed by atoms with E-state index < -0.39 is 128 Å². The van der Waals surface area contributed by atoms with Crippen LogP contribution in [0.15, 0.2) is 34.0 Å².